The summed E-state index contributed by atoms with van der Waals surface area (Å²) in [6.07, 6.45) is 3.20. The molecule has 0 radical (unpaired) electrons. The summed E-state index contributed by atoms with van der Waals surface area (Å²) in [5.74, 6) is -0.878. The van der Waals surface area contributed by atoms with E-state index in [9.17, 15) is 14.0 Å². The van der Waals surface area contributed by atoms with Gasteiger partial charge < -0.3 is 10.6 Å². The topological polar surface area (TPSA) is 58.2 Å². The van der Waals surface area contributed by atoms with Gasteiger partial charge in [-0.25, -0.2) is 4.39 Å². The molecule has 0 saturated heterocycles. The van der Waals surface area contributed by atoms with Crippen molar-refractivity contribution in [2.24, 2.45) is 0 Å². The summed E-state index contributed by atoms with van der Waals surface area (Å²) in [7, 11) is 0. The molecule has 0 heterocycles. The summed E-state index contributed by atoms with van der Waals surface area (Å²) >= 11 is 7.03. The molecule has 2 amide bonds. The molecule has 0 atom stereocenters. The van der Waals surface area contributed by atoms with Crippen LogP contribution in [-0.4, -0.2) is 17.6 Å². The maximum Gasteiger partial charge on any atom is 0.248 e. The number of benzene rings is 3. The van der Waals surface area contributed by atoms with Crippen LogP contribution >= 0.6 is 23.4 Å². The second kappa shape index (κ2) is 10.6. The highest BCUT2D eigenvalue weighted by Gasteiger charge is 2.07. The molecule has 7 heteroatoms. The van der Waals surface area contributed by atoms with E-state index >= 15 is 0 Å². The quantitative estimate of drug-likeness (QED) is 0.357. The van der Waals surface area contributed by atoms with Crippen LogP contribution in [0.3, 0.4) is 0 Å². The van der Waals surface area contributed by atoms with E-state index in [-0.39, 0.29) is 22.6 Å². The first-order valence-electron chi connectivity index (χ1n) is 9.01. The van der Waals surface area contributed by atoms with Gasteiger partial charge in [0.1, 0.15) is 5.82 Å². The predicted octanol–water partition coefficient (Wildman–Crippen LogP) is 5.86. The molecule has 0 unspecified atom stereocenters. The summed E-state index contributed by atoms with van der Waals surface area (Å²) in [5.41, 5.74) is 2.00. The van der Waals surface area contributed by atoms with Crippen molar-refractivity contribution in [1.82, 2.24) is 0 Å². The van der Waals surface area contributed by atoms with Crippen molar-refractivity contribution in [2.45, 2.75) is 4.90 Å². The minimum Gasteiger partial charge on any atom is -0.325 e. The Labute approximate surface area is 183 Å². The number of anilines is 2. The molecule has 2 N–H and O–H groups in total. The Balaban J connectivity index is 1.52. The zero-order valence-corrected chi connectivity index (χ0v) is 17.3. The minimum absolute atomic E-state index is 0.0507. The molecule has 3 rings (SSSR count). The normalized spacial score (nSPS) is 10.7. The van der Waals surface area contributed by atoms with Gasteiger partial charge in [0.2, 0.25) is 11.8 Å². The zero-order chi connectivity index (χ0) is 21.3. The second-order valence-corrected chi connectivity index (χ2v) is 7.68. The number of rotatable bonds is 7. The van der Waals surface area contributed by atoms with Gasteiger partial charge in [0.15, 0.2) is 0 Å². The molecule has 4 nitrogen and oxygen atoms in total. The second-order valence-electron chi connectivity index (χ2n) is 6.23. The Morgan fingerprint density at radius 3 is 2.47 bits per heavy atom. The van der Waals surface area contributed by atoms with E-state index in [1.54, 1.807) is 24.3 Å². The molecule has 0 spiro atoms. The molecule has 0 saturated carbocycles. The lowest BCUT2D eigenvalue weighted by molar-refractivity contribution is -0.114. The lowest BCUT2D eigenvalue weighted by Crippen LogP contribution is -2.14. The molecule has 30 heavy (non-hydrogen) atoms. The Morgan fingerprint density at radius 1 is 0.933 bits per heavy atom. The van der Waals surface area contributed by atoms with Crippen LogP contribution in [0.25, 0.3) is 6.08 Å². The molecule has 0 aromatic heterocycles. The van der Waals surface area contributed by atoms with Crippen molar-refractivity contribution in [3.05, 3.63) is 95.3 Å². The van der Waals surface area contributed by atoms with Crippen LogP contribution in [0.2, 0.25) is 5.02 Å². The molecule has 3 aromatic rings. The van der Waals surface area contributed by atoms with Gasteiger partial charge in [0.25, 0.3) is 0 Å². The maximum atomic E-state index is 13.2. The Kier molecular flexibility index (Phi) is 7.65. The molecule has 0 aliphatic carbocycles. The van der Waals surface area contributed by atoms with Gasteiger partial charge in [-0.15, -0.1) is 11.8 Å². The highest BCUT2D eigenvalue weighted by atomic mass is 35.5. The van der Waals surface area contributed by atoms with Gasteiger partial charge >= 0.3 is 0 Å². The van der Waals surface area contributed by atoms with Crippen LogP contribution in [0, 0.1) is 5.82 Å². The summed E-state index contributed by atoms with van der Waals surface area (Å²) < 4.78 is 13.2. The number of hydrogen-bond donors (Lipinski definition) is 2. The van der Waals surface area contributed by atoms with Crippen molar-refractivity contribution >= 4 is 52.6 Å². The van der Waals surface area contributed by atoms with Crippen molar-refractivity contribution in [2.75, 3.05) is 16.4 Å². The number of carbonyl (C=O) groups is 2. The standard InChI is InChI=1S/C23H18ClFN2O2S/c24-20-14-18(10-11-21(20)25)27-23(29)15-30-19-8-4-7-17(13-19)26-22(28)12-9-16-5-2-1-3-6-16/h1-14H,15H2,(H,26,28)(H,27,29)/b12-9+. The average Bonchev–Trinajstić information content (AvgIpc) is 2.74. The first-order valence-corrected chi connectivity index (χ1v) is 10.4. The summed E-state index contributed by atoms with van der Waals surface area (Å²) in [5, 5.41) is 5.42. The first kappa shape index (κ1) is 21.6. The van der Waals surface area contributed by atoms with Crippen molar-refractivity contribution < 1.29 is 14.0 Å². The van der Waals surface area contributed by atoms with E-state index in [1.165, 1.54) is 36.0 Å². The number of thioether (sulfide) groups is 1. The molecule has 0 fully saturated rings. The molecular formula is C23H18ClFN2O2S. The Morgan fingerprint density at radius 2 is 1.70 bits per heavy atom. The minimum atomic E-state index is -0.540. The third-order valence-electron chi connectivity index (χ3n) is 3.90. The van der Waals surface area contributed by atoms with Gasteiger partial charge in [-0.3, -0.25) is 9.59 Å². The van der Waals surface area contributed by atoms with Crippen LogP contribution in [-0.2, 0) is 9.59 Å². The first-order chi connectivity index (χ1) is 14.5. The van der Waals surface area contributed by atoms with Crippen LogP contribution in [0.1, 0.15) is 5.56 Å². The van der Waals surface area contributed by atoms with Crippen molar-refractivity contribution in [1.29, 1.82) is 0 Å². The van der Waals surface area contributed by atoms with Crippen LogP contribution in [0.5, 0.6) is 0 Å². The number of halogens is 2. The van der Waals surface area contributed by atoms with Gasteiger partial charge in [0, 0.05) is 22.3 Å². The predicted molar refractivity (Wildman–Crippen MR) is 121 cm³/mol. The number of carbonyl (C=O) groups excluding carboxylic acids is 2. The smallest absolute Gasteiger partial charge is 0.248 e. The fourth-order valence-electron chi connectivity index (χ4n) is 2.50. The molecular weight excluding hydrogens is 423 g/mol. The molecule has 0 bridgehead atoms. The molecule has 152 valence electrons. The summed E-state index contributed by atoms with van der Waals surface area (Å²) in [4.78, 5) is 25.1. The third kappa shape index (κ3) is 6.76. The molecule has 3 aromatic carbocycles. The fraction of sp³-hybridized carbons (Fsp3) is 0.0435. The van der Waals surface area contributed by atoms with Crippen molar-refractivity contribution in [3.8, 4) is 0 Å². The van der Waals surface area contributed by atoms with Gasteiger partial charge in [-0.1, -0.05) is 48.0 Å². The monoisotopic (exact) mass is 440 g/mol. The number of hydrogen-bond acceptors (Lipinski definition) is 3. The highest BCUT2D eigenvalue weighted by Crippen LogP contribution is 2.23. The average molecular weight is 441 g/mol. The van der Waals surface area contributed by atoms with Crippen LogP contribution in [0.15, 0.2) is 83.8 Å². The van der Waals surface area contributed by atoms with E-state index in [0.29, 0.717) is 11.4 Å². The van der Waals surface area contributed by atoms with E-state index in [1.807, 2.05) is 36.4 Å². The third-order valence-corrected chi connectivity index (χ3v) is 5.19. The fourth-order valence-corrected chi connectivity index (χ4v) is 3.44. The highest BCUT2D eigenvalue weighted by molar-refractivity contribution is 8.00. The lowest BCUT2D eigenvalue weighted by Gasteiger charge is -2.07. The van der Waals surface area contributed by atoms with E-state index in [0.717, 1.165) is 10.5 Å². The number of nitrogens with one attached hydrogen (secondary N) is 2. The van der Waals surface area contributed by atoms with Gasteiger partial charge in [0.05, 0.1) is 10.8 Å². The Bertz CT molecular complexity index is 1070. The summed E-state index contributed by atoms with van der Waals surface area (Å²) in [6, 6.07) is 20.8. The molecule has 0 aliphatic rings. The van der Waals surface area contributed by atoms with Gasteiger partial charge in [-0.2, -0.15) is 0 Å². The van der Waals surface area contributed by atoms with Crippen LogP contribution in [0.4, 0.5) is 15.8 Å². The zero-order valence-electron chi connectivity index (χ0n) is 15.8. The van der Waals surface area contributed by atoms with E-state index in [2.05, 4.69) is 10.6 Å². The largest absolute Gasteiger partial charge is 0.325 e. The SMILES string of the molecule is O=C(/C=C/c1ccccc1)Nc1cccc(SCC(=O)Nc2ccc(F)c(Cl)c2)c1. The van der Waals surface area contributed by atoms with Crippen molar-refractivity contribution in [3.63, 3.8) is 0 Å². The maximum absolute atomic E-state index is 13.2. The van der Waals surface area contributed by atoms with Gasteiger partial charge in [-0.05, 0) is 48.0 Å². The lowest BCUT2D eigenvalue weighted by atomic mass is 10.2. The van der Waals surface area contributed by atoms with E-state index in [4.69, 9.17) is 11.6 Å². The summed E-state index contributed by atoms with van der Waals surface area (Å²) in [6.45, 7) is 0. The molecule has 0 aliphatic heterocycles. The Hall–Kier alpha value is -3.09. The van der Waals surface area contributed by atoms with E-state index < -0.39 is 5.82 Å². The number of amides is 2. The van der Waals surface area contributed by atoms with Crippen LogP contribution < -0.4 is 10.6 Å².